The van der Waals surface area contributed by atoms with Crippen LogP contribution >= 0.6 is 7.75 Å². The Morgan fingerprint density at radius 2 is 1.98 bits per heavy atom. The average Bonchev–Trinajstić information content (AvgIpc) is 3.54. The summed E-state index contributed by atoms with van der Waals surface area (Å²) in [5, 5.41) is 29.2. The fourth-order valence-electron chi connectivity index (χ4n) is 4.91. The first-order chi connectivity index (χ1) is 20.6. The molecule has 5 N–H and O–H groups in total. The van der Waals surface area contributed by atoms with Crippen molar-refractivity contribution in [2.45, 2.75) is 63.6 Å². The van der Waals surface area contributed by atoms with Crippen LogP contribution in [0.3, 0.4) is 0 Å². The molecule has 0 bridgehead atoms. The second-order valence-electron chi connectivity index (χ2n) is 10.4. The summed E-state index contributed by atoms with van der Waals surface area (Å²) in [4.78, 5) is 20.6. The van der Waals surface area contributed by atoms with Gasteiger partial charge in [-0.3, -0.25) is 14.3 Å². The molecular weight excluding hydrogens is 579 g/mol. The van der Waals surface area contributed by atoms with Gasteiger partial charge in [-0.15, -0.1) is 0 Å². The lowest BCUT2D eigenvalue weighted by Crippen LogP contribution is -2.44. The highest BCUT2D eigenvalue weighted by atomic mass is 31.2. The minimum Gasteiger partial charge on any atom is -0.464 e. The van der Waals surface area contributed by atoms with Crippen molar-refractivity contribution in [3.63, 3.8) is 0 Å². The molecule has 1 saturated heterocycles. The van der Waals surface area contributed by atoms with Crippen molar-refractivity contribution in [2.75, 3.05) is 25.5 Å². The first-order valence-corrected chi connectivity index (χ1v) is 15.6. The molecule has 14 nitrogen and oxygen atoms in total. The molecule has 2 unspecified atom stereocenters. The van der Waals surface area contributed by atoms with Gasteiger partial charge < -0.3 is 29.9 Å². The van der Waals surface area contributed by atoms with Crippen LogP contribution in [0.1, 0.15) is 39.3 Å². The first kappa shape index (κ1) is 32.5. The fraction of sp³-hybridized carbons (Fsp3) is 0.500. The van der Waals surface area contributed by atoms with Crippen LogP contribution in [-0.4, -0.2) is 81.6 Å². The number of nitrogens with two attached hydrogens (primary N) is 1. The number of rotatable bonds is 15. The molecule has 0 aliphatic carbocycles. The zero-order valence-corrected chi connectivity index (χ0v) is 25.3. The van der Waals surface area contributed by atoms with E-state index in [0.717, 1.165) is 12.8 Å². The molecule has 43 heavy (non-hydrogen) atoms. The molecule has 3 aromatic rings. The van der Waals surface area contributed by atoms with Crippen LogP contribution in [0.4, 0.5) is 5.82 Å². The van der Waals surface area contributed by atoms with Gasteiger partial charge in [-0.25, -0.2) is 14.1 Å². The zero-order chi connectivity index (χ0) is 31.2. The molecule has 234 valence electrons. The molecule has 0 saturated carbocycles. The van der Waals surface area contributed by atoms with E-state index in [0.29, 0.717) is 11.2 Å². The van der Waals surface area contributed by atoms with Crippen molar-refractivity contribution in [1.82, 2.24) is 19.7 Å². The number of hydrogen-bond donors (Lipinski definition) is 4. The number of nitrogens with one attached hydrogen (secondary N) is 1. The molecule has 6 atom stereocenters. The topological polar surface area (TPSA) is 192 Å². The minimum absolute atomic E-state index is 0.159. The number of nitrogen functional groups attached to an aromatic ring is 1. The molecule has 2 aromatic heterocycles. The third-order valence-electron chi connectivity index (χ3n) is 7.50. The lowest BCUT2D eigenvalue weighted by atomic mass is 9.91. The molecular formula is C28H39N6O8P. The average molecular weight is 619 g/mol. The largest absolute Gasteiger partial charge is 0.464 e. The molecule has 4 rings (SSSR count). The predicted octanol–water partition coefficient (Wildman–Crippen LogP) is 2.49. The van der Waals surface area contributed by atoms with Crippen molar-refractivity contribution in [2.24, 2.45) is 10.9 Å². The predicted molar refractivity (Wildman–Crippen MR) is 159 cm³/mol. The molecule has 0 radical (unpaired) electrons. The molecule has 3 heterocycles. The van der Waals surface area contributed by atoms with Crippen molar-refractivity contribution in [3.8, 4) is 5.75 Å². The third-order valence-corrected chi connectivity index (χ3v) is 9.15. The number of nitrogens with zero attached hydrogens (tertiary/aromatic N) is 4. The van der Waals surface area contributed by atoms with Crippen LogP contribution in [0.25, 0.3) is 5.52 Å². The fourth-order valence-corrected chi connectivity index (χ4v) is 6.41. The Morgan fingerprint density at radius 3 is 2.65 bits per heavy atom. The van der Waals surface area contributed by atoms with Crippen molar-refractivity contribution >= 4 is 31.8 Å². The number of aliphatic hydroxyl groups is 2. The van der Waals surface area contributed by atoms with Gasteiger partial charge in [-0.05, 0) is 43.8 Å². The number of carbonyl (C=O) groups is 1. The summed E-state index contributed by atoms with van der Waals surface area (Å²) >= 11 is 0. The monoisotopic (exact) mass is 618 g/mol. The van der Waals surface area contributed by atoms with Crippen LogP contribution in [0, 0.1) is 5.92 Å². The van der Waals surface area contributed by atoms with Gasteiger partial charge in [-0.2, -0.15) is 10.2 Å². The maximum absolute atomic E-state index is 14.0. The second kappa shape index (κ2) is 13.9. The lowest BCUT2D eigenvalue weighted by molar-refractivity contribution is -0.146. The lowest BCUT2D eigenvalue weighted by Gasteiger charge is -2.30. The van der Waals surface area contributed by atoms with Crippen LogP contribution in [0.15, 0.2) is 53.8 Å². The number of benzene rings is 1. The van der Waals surface area contributed by atoms with Gasteiger partial charge in [0.2, 0.25) is 0 Å². The van der Waals surface area contributed by atoms with E-state index < -0.39 is 50.3 Å². The molecule has 0 amide bonds. The van der Waals surface area contributed by atoms with Gasteiger partial charge in [0.05, 0.1) is 25.5 Å². The van der Waals surface area contributed by atoms with Crippen molar-refractivity contribution in [1.29, 1.82) is 0 Å². The number of ether oxygens (including phenoxy) is 2. The minimum atomic E-state index is -4.28. The number of carbonyl (C=O) groups excluding carboxylic acids is 1. The molecule has 1 fully saturated rings. The zero-order valence-electron chi connectivity index (χ0n) is 24.4. The molecule has 15 heteroatoms. The summed E-state index contributed by atoms with van der Waals surface area (Å²) in [6, 6.07) is 10.5. The number of aliphatic hydroxyl groups excluding tert-OH is 2. The summed E-state index contributed by atoms with van der Waals surface area (Å²) in [5.41, 5.74) is 5.17. The van der Waals surface area contributed by atoms with Gasteiger partial charge in [-0.1, -0.05) is 44.9 Å². The van der Waals surface area contributed by atoms with E-state index >= 15 is 0 Å². The van der Waals surface area contributed by atoms with Gasteiger partial charge in [0.15, 0.2) is 11.4 Å². The van der Waals surface area contributed by atoms with Crippen molar-refractivity contribution < 1.29 is 38.1 Å². The highest BCUT2D eigenvalue weighted by Gasteiger charge is 2.57. The number of aromatic nitrogens is 3. The van der Waals surface area contributed by atoms with Crippen LogP contribution in [0.2, 0.25) is 0 Å². The summed E-state index contributed by atoms with van der Waals surface area (Å²) in [6.45, 7) is 8.62. The third kappa shape index (κ3) is 7.06. The maximum Gasteiger partial charge on any atom is 0.459 e. The van der Waals surface area contributed by atoms with Crippen LogP contribution in [0.5, 0.6) is 5.75 Å². The van der Waals surface area contributed by atoms with Gasteiger partial charge in [0, 0.05) is 0 Å². The van der Waals surface area contributed by atoms with E-state index in [4.69, 9.17) is 24.3 Å². The number of esters is 1. The number of para-hydroxylation sites is 1. The van der Waals surface area contributed by atoms with E-state index in [-0.39, 0.29) is 30.6 Å². The van der Waals surface area contributed by atoms with E-state index in [2.05, 4.69) is 26.9 Å². The van der Waals surface area contributed by atoms with Gasteiger partial charge in [0.1, 0.15) is 41.9 Å². The number of aliphatic imine (C=N–C) groups is 1. The standard InChI is InChI=1S/C28H39N6O8P/c1-5-19(6-2)14-39-27(37)18(3)33-43(38,42-20-10-8-7-9-11-20)40-15-22-24(35)25(36)28(41-22,16-30-4)23-13-12-21-26(29)31-17-32-34(21)23/h7-13,17-19,22,24-25,35-36H,4-6,14-16H2,1-3H3,(H,33,38)(H2,29,31,32)/t18-,22+,24+,25+,28?,43?/m0/s1. The Labute approximate surface area is 249 Å². The van der Waals surface area contributed by atoms with Crippen LogP contribution in [-0.2, 0) is 29.0 Å². The van der Waals surface area contributed by atoms with Crippen LogP contribution < -0.4 is 15.3 Å². The summed E-state index contributed by atoms with van der Waals surface area (Å²) in [5.74, 6) is -0.00459. The van der Waals surface area contributed by atoms with Crippen molar-refractivity contribution in [3.05, 3.63) is 54.5 Å². The number of anilines is 1. The maximum atomic E-state index is 14.0. The number of fused-ring (bicyclic) bond motifs is 1. The molecule has 1 aliphatic heterocycles. The smallest absolute Gasteiger partial charge is 0.459 e. The second-order valence-corrected chi connectivity index (χ2v) is 12.1. The summed E-state index contributed by atoms with van der Waals surface area (Å²) in [7, 11) is -4.28. The number of hydrogen-bond acceptors (Lipinski definition) is 12. The van der Waals surface area contributed by atoms with Gasteiger partial charge in [0.25, 0.3) is 0 Å². The van der Waals surface area contributed by atoms with E-state index in [1.165, 1.54) is 17.8 Å². The highest BCUT2D eigenvalue weighted by Crippen LogP contribution is 2.47. The highest BCUT2D eigenvalue weighted by molar-refractivity contribution is 7.52. The Bertz CT molecular complexity index is 1440. The first-order valence-electron chi connectivity index (χ1n) is 14.1. The Morgan fingerprint density at radius 1 is 1.26 bits per heavy atom. The normalized spacial score (nSPS) is 24.1. The quantitative estimate of drug-likeness (QED) is 0.111. The SMILES string of the molecule is C=NCC1(c2ccc3c(N)ncnn23)O[C@H](COP(=O)(N[C@@H](C)C(=O)OCC(CC)CC)Oc2ccccc2)[C@@H](O)[C@H]1O. The Kier molecular flexibility index (Phi) is 10.5. The molecule has 1 aliphatic rings. The molecule has 1 aromatic carbocycles. The van der Waals surface area contributed by atoms with E-state index in [1.807, 2.05) is 13.8 Å². The summed E-state index contributed by atoms with van der Waals surface area (Å²) in [6.07, 6.45) is -1.27. The van der Waals surface area contributed by atoms with E-state index in [9.17, 15) is 19.6 Å². The van der Waals surface area contributed by atoms with Gasteiger partial charge >= 0.3 is 13.7 Å². The Hall–Kier alpha value is -3.39. The summed E-state index contributed by atoms with van der Waals surface area (Å²) < 4.78 is 38.5. The van der Waals surface area contributed by atoms with E-state index in [1.54, 1.807) is 42.5 Å². The molecule has 0 spiro atoms. The Balaban J connectivity index is 1.55.